The van der Waals surface area contributed by atoms with E-state index in [0.717, 1.165) is 32.5 Å². The molecule has 0 radical (unpaired) electrons. The number of aromatic nitrogens is 1. The molecule has 1 aromatic carbocycles. The fourth-order valence-electron chi connectivity index (χ4n) is 3.64. The topological polar surface area (TPSA) is 61.6 Å². The lowest BCUT2D eigenvalue weighted by Crippen LogP contribution is -2.43. The minimum atomic E-state index is -0.151. The molecule has 6 nitrogen and oxygen atoms in total. The number of carbonyl (C=O) groups is 1. The molecular weight excluding hydrogens is 340 g/mol. The third kappa shape index (κ3) is 5.65. The lowest BCUT2D eigenvalue weighted by molar-refractivity contribution is 0.0900. The van der Waals surface area contributed by atoms with Gasteiger partial charge in [0.1, 0.15) is 0 Å². The molecule has 27 heavy (non-hydrogen) atoms. The molecule has 2 heterocycles. The first-order valence-electron chi connectivity index (χ1n) is 9.68. The largest absolute Gasteiger partial charge is 0.359 e. The van der Waals surface area contributed by atoms with Crippen molar-refractivity contribution in [2.75, 3.05) is 27.2 Å². The Morgan fingerprint density at radius 3 is 2.70 bits per heavy atom. The van der Waals surface area contributed by atoms with Crippen molar-refractivity contribution >= 4 is 5.91 Å². The van der Waals surface area contributed by atoms with Crippen molar-refractivity contribution in [2.45, 2.75) is 38.9 Å². The lowest BCUT2D eigenvalue weighted by Gasteiger charge is -2.32. The van der Waals surface area contributed by atoms with Gasteiger partial charge in [0.25, 0.3) is 5.91 Å². The van der Waals surface area contributed by atoms with Crippen molar-refractivity contribution in [3.63, 3.8) is 0 Å². The standard InChI is InChI=1S/C21H30N4O2/c1-16(18-9-11-24(2)12-10-18)22-21(26)20-13-19(27-23-20)15-25(3)14-17-7-5-4-6-8-17/h4-8,13,16,18H,9-12,14-15H2,1-3H3,(H,22,26)/t16-/m0/s1. The van der Waals surface area contributed by atoms with Crippen LogP contribution >= 0.6 is 0 Å². The van der Waals surface area contributed by atoms with Gasteiger partial charge in [-0.05, 0) is 58.4 Å². The van der Waals surface area contributed by atoms with Crippen molar-refractivity contribution in [3.8, 4) is 0 Å². The molecule has 1 atom stereocenters. The van der Waals surface area contributed by atoms with E-state index in [1.54, 1.807) is 6.07 Å². The van der Waals surface area contributed by atoms with Gasteiger partial charge >= 0.3 is 0 Å². The highest BCUT2D eigenvalue weighted by atomic mass is 16.5. The first kappa shape index (κ1) is 19.6. The summed E-state index contributed by atoms with van der Waals surface area (Å²) in [6.07, 6.45) is 2.23. The minimum Gasteiger partial charge on any atom is -0.359 e. The number of amides is 1. The van der Waals surface area contributed by atoms with E-state index < -0.39 is 0 Å². The van der Waals surface area contributed by atoms with Gasteiger partial charge in [-0.3, -0.25) is 9.69 Å². The molecule has 0 aliphatic carbocycles. The molecule has 1 amide bonds. The molecule has 1 saturated heterocycles. The second-order valence-corrected chi connectivity index (χ2v) is 7.74. The van der Waals surface area contributed by atoms with Crippen LogP contribution in [-0.2, 0) is 13.1 Å². The van der Waals surface area contributed by atoms with E-state index in [-0.39, 0.29) is 11.9 Å². The van der Waals surface area contributed by atoms with Gasteiger partial charge in [0.15, 0.2) is 11.5 Å². The van der Waals surface area contributed by atoms with Crippen LogP contribution in [0.3, 0.4) is 0 Å². The molecule has 1 aliphatic heterocycles. The van der Waals surface area contributed by atoms with Crippen molar-refractivity contribution in [1.29, 1.82) is 0 Å². The second kappa shape index (κ2) is 9.15. The molecule has 1 N–H and O–H groups in total. The zero-order chi connectivity index (χ0) is 19.2. The van der Waals surface area contributed by atoms with Crippen LogP contribution in [0.5, 0.6) is 0 Å². The molecule has 0 unspecified atom stereocenters. The highest BCUT2D eigenvalue weighted by Crippen LogP contribution is 2.20. The summed E-state index contributed by atoms with van der Waals surface area (Å²) >= 11 is 0. The average molecular weight is 370 g/mol. The fourth-order valence-corrected chi connectivity index (χ4v) is 3.64. The molecule has 146 valence electrons. The SMILES string of the molecule is C[C@H](NC(=O)c1cc(CN(C)Cc2ccccc2)on1)C1CCN(C)CC1. The number of hydrogen-bond acceptors (Lipinski definition) is 5. The second-order valence-electron chi connectivity index (χ2n) is 7.74. The monoisotopic (exact) mass is 370 g/mol. The number of rotatable bonds is 7. The average Bonchev–Trinajstić information content (AvgIpc) is 3.11. The summed E-state index contributed by atoms with van der Waals surface area (Å²) in [7, 11) is 4.17. The summed E-state index contributed by atoms with van der Waals surface area (Å²) in [5.74, 6) is 1.07. The van der Waals surface area contributed by atoms with Crippen molar-refractivity contribution in [1.82, 2.24) is 20.3 Å². The van der Waals surface area contributed by atoms with Gasteiger partial charge in [-0.2, -0.15) is 0 Å². The smallest absolute Gasteiger partial charge is 0.273 e. The maximum atomic E-state index is 12.5. The first-order chi connectivity index (χ1) is 13.0. The summed E-state index contributed by atoms with van der Waals surface area (Å²) in [6, 6.07) is 12.2. The Morgan fingerprint density at radius 1 is 1.30 bits per heavy atom. The Balaban J connectivity index is 1.49. The fraction of sp³-hybridized carbons (Fsp3) is 0.524. The number of piperidine rings is 1. The van der Waals surface area contributed by atoms with Gasteiger partial charge in [0.05, 0.1) is 6.54 Å². The van der Waals surface area contributed by atoms with Crippen molar-refractivity contribution in [2.24, 2.45) is 5.92 Å². The molecule has 2 aromatic rings. The predicted octanol–water partition coefficient (Wildman–Crippen LogP) is 2.77. The summed E-state index contributed by atoms with van der Waals surface area (Å²) in [6.45, 7) is 5.69. The summed E-state index contributed by atoms with van der Waals surface area (Å²) in [4.78, 5) is 17.0. The number of nitrogens with zero attached hydrogens (tertiary/aromatic N) is 3. The molecule has 6 heteroatoms. The van der Waals surface area contributed by atoms with Crippen LogP contribution in [0.25, 0.3) is 0 Å². The Bertz CT molecular complexity index is 723. The molecule has 1 fully saturated rings. The van der Waals surface area contributed by atoms with E-state index in [4.69, 9.17) is 4.52 Å². The quantitative estimate of drug-likeness (QED) is 0.812. The molecule has 1 aliphatic rings. The van der Waals surface area contributed by atoms with Crippen LogP contribution < -0.4 is 5.32 Å². The molecule has 1 aromatic heterocycles. The number of likely N-dealkylation sites (tertiary alicyclic amines) is 1. The molecule has 0 spiro atoms. The Kier molecular flexibility index (Phi) is 6.63. The van der Waals surface area contributed by atoms with Crippen LogP contribution in [0.4, 0.5) is 0 Å². The summed E-state index contributed by atoms with van der Waals surface area (Å²) in [5.41, 5.74) is 1.60. The maximum Gasteiger partial charge on any atom is 0.273 e. The van der Waals surface area contributed by atoms with Gasteiger partial charge in [0.2, 0.25) is 0 Å². The zero-order valence-corrected chi connectivity index (χ0v) is 16.5. The molecule has 3 rings (SSSR count). The lowest BCUT2D eigenvalue weighted by atomic mass is 9.90. The van der Waals surface area contributed by atoms with Crippen LogP contribution in [0.1, 0.15) is 41.6 Å². The third-order valence-corrected chi connectivity index (χ3v) is 5.34. The van der Waals surface area contributed by atoms with E-state index in [9.17, 15) is 4.79 Å². The normalized spacial score (nSPS) is 17.2. The summed E-state index contributed by atoms with van der Waals surface area (Å²) < 4.78 is 5.38. The van der Waals surface area contributed by atoms with Crippen LogP contribution in [0, 0.1) is 5.92 Å². The van der Waals surface area contributed by atoms with E-state index in [1.807, 2.05) is 25.2 Å². The summed E-state index contributed by atoms with van der Waals surface area (Å²) in [5, 5.41) is 7.06. The van der Waals surface area contributed by atoms with Gasteiger partial charge in [-0.15, -0.1) is 0 Å². The number of nitrogens with one attached hydrogen (secondary N) is 1. The van der Waals surface area contributed by atoms with Crippen molar-refractivity contribution < 1.29 is 9.32 Å². The first-order valence-corrected chi connectivity index (χ1v) is 9.68. The van der Waals surface area contributed by atoms with Crippen LogP contribution in [0.15, 0.2) is 40.9 Å². The van der Waals surface area contributed by atoms with Gasteiger partial charge in [-0.1, -0.05) is 35.5 Å². The van der Waals surface area contributed by atoms with E-state index >= 15 is 0 Å². The van der Waals surface area contributed by atoms with Crippen LogP contribution in [-0.4, -0.2) is 54.1 Å². The van der Waals surface area contributed by atoms with E-state index in [0.29, 0.717) is 23.9 Å². The van der Waals surface area contributed by atoms with Crippen molar-refractivity contribution in [3.05, 3.63) is 53.4 Å². The van der Waals surface area contributed by atoms with Crippen LogP contribution in [0.2, 0.25) is 0 Å². The predicted molar refractivity (Wildman–Crippen MR) is 105 cm³/mol. The van der Waals surface area contributed by atoms with Gasteiger partial charge < -0.3 is 14.7 Å². The molecular formula is C21H30N4O2. The number of benzene rings is 1. The Hall–Kier alpha value is -2.18. The van der Waals surface area contributed by atoms with E-state index in [2.05, 4.69) is 46.4 Å². The number of carbonyl (C=O) groups excluding carboxylic acids is 1. The molecule has 0 saturated carbocycles. The number of hydrogen-bond donors (Lipinski definition) is 1. The Morgan fingerprint density at radius 2 is 2.00 bits per heavy atom. The van der Waals surface area contributed by atoms with E-state index in [1.165, 1.54) is 5.56 Å². The highest BCUT2D eigenvalue weighted by Gasteiger charge is 2.24. The highest BCUT2D eigenvalue weighted by molar-refractivity contribution is 5.92. The third-order valence-electron chi connectivity index (χ3n) is 5.34. The Labute approximate surface area is 161 Å². The maximum absolute atomic E-state index is 12.5. The van der Waals surface area contributed by atoms with Gasteiger partial charge in [-0.25, -0.2) is 0 Å². The zero-order valence-electron chi connectivity index (χ0n) is 16.5. The molecule has 0 bridgehead atoms. The van der Waals surface area contributed by atoms with Gasteiger partial charge in [0, 0.05) is 18.7 Å². The minimum absolute atomic E-state index is 0.145.